The molecule has 1 aliphatic heterocycles. The predicted molar refractivity (Wildman–Crippen MR) is 79.9 cm³/mol. The Balaban J connectivity index is 2.11. The van der Waals surface area contributed by atoms with Gasteiger partial charge in [0.1, 0.15) is 12.5 Å². The van der Waals surface area contributed by atoms with Crippen LogP contribution in [-0.4, -0.2) is 47.9 Å². The van der Waals surface area contributed by atoms with Crippen LogP contribution in [0.15, 0.2) is 28.7 Å². The fourth-order valence-electron chi connectivity index (χ4n) is 2.36. The highest BCUT2D eigenvalue weighted by molar-refractivity contribution is 9.10. The number of carboxylic acids is 1. The van der Waals surface area contributed by atoms with Crippen molar-refractivity contribution >= 4 is 39.4 Å². The first-order valence-electron chi connectivity index (χ1n) is 6.44. The summed E-state index contributed by atoms with van der Waals surface area (Å²) in [5.41, 5.74) is 0.727. The molecule has 1 atom stereocenters. The molecule has 112 valence electrons. The minimum atomic E-state index is -1.10. The van der Waals surface area contributed by atoms with E-state index in [-0.39, 0.29) is 5.91 Å². The first kappa shape index (κ1) is 15.5. The highest BCUT2D eigenvalue weighted by Gasteiger charge is 2.39. The third-order valence-electron chi connectivity index (χ3n) is 3.37. The molecule has 1 fully saturated rings. The number of anilines is 1. The zero-order chi connectivity index (χ0) is 15.6. The summed E-state index contributed by atoms with van der Waals surface area (Å²) < 4.78 is 0.852. The zero-order valence-electron chi connectivity index (χ0n) is 11.5. The maximum atomic E-state index is 12.4. The molecule has 1 saturated heterocycles. The molecule has 0 spiro atoms. The van der Waals surface area contributed by atoms with Gasteiger partial charge in [-0.25, -0.2) is 0 Å². The summed E-state index contributed by atoms with van der Waals surface area (Å²) in [5, 5.41) is 8.71. The van der Waals surface area contributed by atoms with E-state index < -0.39 is 24.3 Å². The number of nitrogens with zero attached hydrogens (tertiary/aromatic N) is 2. The second-order valence-electron chi connectivity index (χ2n) is 4.90. The van der Waals surface area contributed by atoms with Crippen LogP contribution in [0.2, 0.25) is 0 Å². The molecule has 0 aliphatic carbocycles. The normalized spacial score (nSPS) is 17.9. The van der Waals surface area contributed by atoms with Gasteiger partial charge >= 0.3 is 5.97 Å². The number of hydrogen-bond acceptors (Lipinski definition) is 3. The number of rotatable bonds is 4. The average molecular weight is 355 g/mol. The molecule has 2 amide bonds. The first-order chi connectivity index (χ1) is 9.90. The van der Waals surface area contributed by atoms with E-state index in [1.165, 1.54) is 7.05 Å². The maximum absolute atomic E-state index is 12.4. The van der Waals surface area contributed by atoms with Crippen molar-refractivity contribution < 1.29 is 19.5 Å². The molecule has 2 rings (SSSR count). The van der Waals surface area contributed by atoms with Crippen molar-refractivity contribution in [3.05, 3.63) is 28.7 Å². The van der Waals surface area contributed by atoms with Crippen LogP contribution >= 0.6 is 15.9 Å². The smallest absolute Gasteiger partial charge is 0.323 e. The average Bonchev–Trinajstić information content (AvgIpc) is 2.79. The van der Waals surface area contributed by atoms with E-state index in [0.29, 0.717) is 13.0 Å². The number of hydrogen-bond donors (Lipinski definition) is 1. The maximum Gasteiger partial charge on any atom is 0.323 e. The number of aliphatic carboxylic acids is 1. The van der Waals surface area contributed by atoms with E-state index in [0.717, 1.165) is 15.1 Å². The molecule has 0 bridgehead atoms. The van der Waals surface area contributed by atoms with E-state index >= 15 is 0 Å². The summed E-state index contributed by atoms with van der Waals surface area (Å²) >= 11 is 3.35. The van der Waals surface area contributed by atoms with Crippen LogP contribution in [-0.2, 0) is 14.4 Å². The molecule has 0 radical (unpaired) electrons. The first-order valence-corrected chi connectivity index (χ1v) is 7.23. The Morgan fingerprint density at radius 2 is 2.19 bits per heavy atom. The number of amides is 2. The molecular formula is C14H15BrN2O4. The molecule has 1 aromatic rings. The number of likely N-dealkylation sites (N-methyl/N-ethyl adjacent to an activating group) is 1. The number of carbonyl (C=O) groups is 3. The number of benzene rings is 1. The Bertz CT molecular complexity index is 590. The van der Waals surface area contributed by atoms with Gasteiger partial charge in [0.05, 0.1) is 0 Å². The minimum absolute atomic E-state index is 0.282. The van der Waals surface area contributed by atoms with Crippen LogP contribution < -0.4 is 4.90 Å². The summed E-state index contributed by atoms with van der Waals surface area (Å²) in [6, 6.07) is 7.29. The summed E-state index contributed by atoms with van der Waals surface area (Å²) in [6.07, 6.45) is 0.397. The van der Waals surface area contributed by atoms with Crippen molar-refractivity contribution in [3.8, 4) is 0 Å². The van der Waals surface area contributed by atoms with Crippen LogP contribution in [0.4, 0.5) is 5.69 Å². The Hall–Kier alpha value is -1.89. The number of carbonyl (C=O) groups excluding carboxylic acids is 2. The van der Waals surface area contributed by atoms with Crippen molar-refractivity contribution in [3.63, 3.8) is 0 Å². The number of carboxylic acid groups (broad SMARTS) is 1. The van der Waals surface area contributed by atoms with Gasteiger partial charge in [-0.05, 0) is 24.6 Å². The second kappa shape index (κ2) is 6.26. The lowest BCUT2D eigenvalue weighted by molar-refractivity contribution is -0.146. The lowest BCUT2D eigenvalue weighted by atomic mass is 10.1. The molecular weight excluding hydrogens is 340 g/mol. The monoisotopic (exact) mass is 354 g/mol. The van der Waals surface area contributed by atoms with Crippen molar-refractivity contribution in [1.29, 1.82) is 0 Å². The fourth-order valence-corrected chi connectivity index (χ4v) is 2.74. The second-order valence-corrected chi connectivity index (χ2v) is 5.81. The van der Waals surface area contributed by atoms with Gasteiger partial charge in [0, 0.05) is 23.8 Å². The van der Waals surface area contributed by atoms with Crippen molar-refractivity contribution in [1.82, 2.24) is 4.90 Å². The van der Waals surface area contributed by atoms with Gasteiger partial charge in [0.15, 0.2) is 0 Å². The highest BCUT2D eigenvalue weighted by atomic mass is 79.9. The van der Waals surface area contributed by atoms with Crippen LogP contribution in [0.25, 0.3) is 0 Å². The van der Waals surface area contributed by atoms with E-state index in [1.807, 2.05) is 18.2 Å². The van der Waals surface area contributed by atoms with Crippen LogP contribution in [0.5, 0.6) is 0 Å². The van der Waals surface area contributed by atoms with Gasteiger partial charge in [-0.15, -0.1) is 0 Å². The quantitative estimate of drug-likeness (QED) is 0.827. The molecule has 0 aromatic heterocycles. The van der Waals surface area contributed by atoms with E-state index in [9.17, 15) is 14.4 Å². The minimum Gasteiger partial charge on any atom is -0.480 e. The molecule has 6 nitrogen and oxygen atoms in total. The lowest BCUT2D eigenvalue weighted by Crippen LogP contribution is -2.40. The molecule has 1 aliphatic rings. The van der Waals surface area contributed by atoms with Gasteiger partial charge in [0.2, 0.25) is 11.8 Å². The van der Waals surface area contributed by atoms with Gasteiger partial charge in [0.25, 0.3) is 0 Å². The molecule has 1 N–H and O–H groups in total. The number of halogens is 1. The molecule has 0 saturated carbocycles. The summed E-state index contributed by atoms with van der Waals surface area (Å²) in [4.78, 5) is 37.8. The molecule has 7 heteroatoms. The van der Waals surface area contributed by atoms with Crippen LogP contribution in [0, 0.1) is 5.92 Å². The Labute approximate surface area is 130 Å². The third-order valence-corrected chi connectivity index (χ3v) is 3.87. The van der Waals surface area contributed by atoms with E-state index in [1.54, 1.807) is 11.0 Å². The standard InChI is InChI=1S/C14H15BrN2O4/c1-16(8-12(18)19)13(20)11-5-6-17(14(11)21)10-4-2-3-9(15)7-10/h2-4,7,11H,5-6,8H2,1H3,(H,18,19). The van der Waals surface area contributed by atoms with Gasteiger partial charge in [-0.3, -0.25) is 14.4 Å². The van der Waals surface area contributed by atoms with Crippen molar-refractivity contribution in [2.24, 2.45) is 5.92 Å². The van der Waals surface area contributed by atoms with Crippen molar-refractivity contribution in [2.45, 2.75) is 6.42 Å². The van der Waals surface area contributed by atoms with E-state index in [2.05, 4.69) is 15.9 Å². The molecule has 1 heterocycles. The summed E-state index contributed by atoms with van der Waals surface area (Å²) in [5.74, 6) is -2.62. The SMILES string of the molecule is CN(CC(=O)O)C(=O)C1CCN(c2cccc(Br)c2)C1=O. The summed E-state index contributed by atoms with van der Waals surface area (Å²) in [7, 11) is 1.39. The Kier molecular flexibility index (Phi) is 4.62. The van der Waals surface area contributed by atoms with Crippen LogP contribution in [0.3, 0.4) is 0 Å². The van der Waals surface area contributed by atoms with Gasteiger partial charge in [-0.2, -0.15) is 0 Å². The molecule has 21 heavy (non-hydrogen) atoms. The predicted octanol–water partition coefficient (Wildman–Crippen LogP) is 1.34. The topological polar surface area (TPSA) is 77.9 Å². The highest BCUT2D eigenvalue weighted by Crippen LogP contribution is 2.28. The van der Waals surface area contributed by atoms with Crippen molar-refractivity contribution in [2.75, 3.05) is 25.0 Å². The Morgan fingerprint density at radius 1 is 1.48 bits per heavy atom. The third kappa shape index (κ3) is 3.41. The van der Waals surface area contributed by atoms with Crippen LogP contribution in [0.1, 0.15) is 6.42 Å². The summed E-state index contributed by atoms with van der Waals surface area (Å²) in [6.45, 7) is 0.0477. The van der Waals surface area contributed by atoms with E-state index in [4.69, 9.17) is 5.11 Å². The largest absolute Gasteiger partial charge is 0.480 e. The van der Waals surface area contributed by atoms with Gasteiger partial charge < -0.3 is 14.9 Å². The Morgan fingerprint density at radius 3 is 2.81 bits per heavy atom. The van der Waals surface area contributed by atoms with Gasteiger partial charge in [-0.1, -0.05) is 22.0 Å². The zero-order valence-corrected chi connectivity index (χ0v) is 13.0. The fraction of sp³-hybridized carbons (Fsp3) is 0.357. The lowest BCUT2D eigenvalue weighted by Gasteiger charge is -2.20. The molecule has 1 aromatic carbocycles. The molecule has 1 unspecified atom stereocenters.